The number of hydrogen-bond donors (Lipinski definition) is 0. The zero-order chi connectivity index (χ0) is 12.3. The standard InChI is InChI=1S/C11H10Br2O3/c1-6(14)9(12)7-4-3-5-8(10(7)13)11(15)16-2/h3-5,9H,1-2H3. The highest BCUT2D eigenvalue weighted by atomic mass is 79.9. The quantitative estimate of drug-likeness (QED) is 0.621. The summed E-state index contributed by atoms with van der Waals surface area (Å²) >= 11 is 6.58. The van der Waals surface area contributed by atoms with Gasteiger partial charge in [0.25, 0.3) is 0 Å². The number of carbonyl (C=O) groups excluding carboxylic acids is 2. The van der Waals surface area contributed by atoms with Gasteiger partial charge in [-0.15, -0.1) is 0 Å². The Labute approximate surface area is 110 Å². The second-order valence-electron chi connectivity index (χ2n) is 3.17. The first kappa shape index (κ1) is 13.4. The zero-order valence-electron chi connectivity index (χ0n) is 8.79. The fourth-order valence-electron chi connectivity index (χ4n) is 1.23. The number of benzene rings is 1. The van der Waals surface area contributed by atoms with Gasteiger partial charge in [0.05, 0.1) is 17.5 Å². The second kappa shape index (κ2) is 5.59. The van der Waals surface area contributed by atoms with E-state index < -0.39 is 10.8 Å². The molecule has 0 spiro atoms. The van der Waals surface area contributed by atoms with Crippen molar-refractivity contribution in [2.45, 2.75) is 11.8 Å². The molecule has 3 nitrogen and oxygen atoms in total. The van der Waals surface area contributed by atoms with Crippen LogP contribution in [0.4, 0.5) is 0 Å². The summed E-state index contributed by atoms with van der Waals surface area (Å²) in [6.45, 7) is 1.48. The number of rotatable bonds is 3. The molecule has 0 amide bonds. The summed E-state index contributed by atoms with van der Waals surface area (Å²) in [5.41, 5.74) is 1.13. The fourth-order valence-corrected chi connectivity index (χ4v) is 2.58. The second-order valence-corrected chi connectivity index (χ2v) is 4.88. The van der Waals surface area contributed by atoms with Crippen molar-refractivity contribution in [3.63, 3.8) is 0 Å². The molecule has 0 N–H and O–H groups in total. The molecule has 0 radical (unpaired) electrons. The highest BCUT2D eigenvalue weighted by molar-refractivity contribution is 9.11. The van der Waals surface area contributed by atoms with Gasteiger partial charge in [-0.1, -0.05) is 28.1 Å². The predicted octanol–water partition coefficient (Wildman–Crippen LogP) is 3.26. The van der Waals surface area contributed by atoms with Crippen LogP contribution in [0.5, 0.6) is 0 Å². The predicted molar refractivity (Wildman–Crippen MR) is 67.8 cm³/mol. The lowest BCUT2D eigenvalue weighted by Gasteiger charge is -2.11. The Morgan fingerprint density at radius 3 is 2.50 bits per heavy atom. The number of methoxy groups -OCH3 is 1. The molecule has 1 unspecified atom stereocenters. The third kappa shape index (κ3) is 2.71. The maximum Gasteiger partial charge on any atom is 0.339 e. The van der Waals surface area contributed by atoms with Crippen LogP contribution in [0.1, 0.15) is 27.7 Å². The van der Waals surface area contributed by atoms with Gasteiger partial charge in [0.2, 0.25) is 0 Å². The summed E-state index contributed by atoms with van der Waals surface area (Å²) in [6.07, 6.45) is 0. The summed E-state index contributed by atoms with van der Waals surface area (Å²) in [5.74, 6) is -0.459. The first-order chi connectivity index (χ1) is 7.49. The van der Waals surface area contributed by atoms with Gasteiger partial charge in [-0.05, 0) is 34.5 Å². The minimum atomic E-state index is -0.433. The Kier molecular flexibility index (Phi) is 4.68. The summed E-state index contributed by atoms with van der Waals surface area (Å²) in [7, 11) is 1.32. The van der Waals surface area contributed by atoms with Gasteiger partial charge in [-0.25, -0.2) is 4.79 Å². The monoisotopic (exact) mass is 348 g/mol. The van der Waals surface area contributed by atoms with Crippen LogP contribution in [-0.2, 0) is 9.53 Å². The Morgan fingerprint density at radius 1 is 1.38 bits per heavy atom. The van der Waals surface area contributed by atoms with E-state index in [1.165, 1.54) is 14.0 Å². The molecule has 0 saturated heterocycles. The molecule has 0 aliphatic carbocycles. The van der Waals surface area contributed by atoms with E-state index in [0.29, 0.717) is 10.0 Å². The highest BCUT2D eigenvalue weighted by Gasteiger charge is 2.20. The minimum Gasteiger partial charge on any atom is -0.465 e. The normalized spacial score (nSPS) is 12.0. The Bertz CT molecular complexity index is 429. The minimum absolute atomic E-state index is 0.0253. The maximum atomic E-state index is 11.4. The first-order valence-corrected chi connectivity index (χ1v) is 6.21. The number of hydrogen-bond acceptors (Lipinski definition) is 3. The number of ketones is 1. The van der Waals surface area contributed by atoms with Gasteiger partial charge >= 0.3 is 5.97 Å². The lowest BCUT2D eigenvalue weighted by Crippen LogP contribution is -2.07. The van der Waals surface area contributed by atoms with Gasteiger partial charge in [0.1, 0.15) is 5.78 Å². The number of carbonyl (C=O) groups is 2. The van der Waals surface area contributed by atoms with E-state index in [-0.39, 0.29) is 5.78 Å². The SMILES string of the molecule is COC(=O)c1cccc(C(Br)C(C)=O)c1Br. The molecule has 1 atom stereocenters. The summed E-state index contributed by atoms with van der Waals surface area (Å²) in [6, 6.07) is 5.13. The van der Waals surface area contributed by atoms with Crippen molar-refractivity contribution < 1.29 is 14.3 Å². The lowest BCUT2D eigenvalue weighted by molar-refractivity contribution is -0.116. The molecule has 1 aromatic carbocycles. The van der Waals surface area contributed by atoms with E-state index in [4.69, 9.17) is 0 Å². The molecule has 5 heteroatoms. The summed E-state index contributed by atoms with van der Waals surface area (Å²) in [4.78, 5) is 22.3. The van der Waals surface area contributed by atoms with Gasteiger partial charge in [0, 0.05) is 4.47 Å². The van der Waals surface area contributed by atoms with Crippen LogP contribution < -0.4 is 0 Å². The van der Waals surface area contributed by atoms with Crippen LogP contribution in [0, 0.1) is 0 Å². The van der Waals surface area contributed by atoms with Gasteiger partial charge < -0.3 is 4.74 Å². The maximum absolute atomic E-state index is 11.4. The lowest BCUT2D eigenvalue weighted by atomic mass is 10.1. The van der Waals surface area contributed by atoms with Crippen molar-refractivity contribution in [2.75, 3.05) is 7.11 Å². The molecule has 0 saturated carbocycles. The molecule has 0 fully saturated rings. The number of ether oxygens (including phenoxy) is 1. The van der Waals surface area contributed by atoms with Crippen molar-refractivity contribution in [3.8, 4) is 0 Å². The first-order valence-electron chi connectivity index (χ1n) is 4.50. The smallest absolute Gasteiger partial charge is 0.339 e. The number of esters is 1. The molecule has 1 rings (SSSR count). The largest absolute Gasteiger partial charge is 0.465 e. The van der Waals surface area contributed by atoms with Crippen molar-refractivity contribution in [1.82, 2.24) is 0 Å². The average molecular weight is 350 g/mol. The fraction of sp³-hybridized carbons (Fsp3) is 0.273. The molecule has 1 aromatic rings. The van der Waals surface area contributed by atoms with E-state index >= 15 is 0 Å². The van der Waals surface area contributed by atoms with Crippen LogP contribution in [-0.4, -0.2) is 18.9 Å². The van der Waals surface area contributed by atoms with E-state index in [2.05, 4.69) is 36.6 Å². The van der Waals surface area contributed by atoms with E-state index in [1.807, 2.05) is 0 Å². The molecule has 0 bridgehead atoms. The Hall–Kier alpha value is -0.680. The van der Waals surface area contributed by atoms with Gasteiger partial charge in [-0.2, -0.15) is 0 Å². The average Bonchev–Trinajstić information content (AvgIpc) is 2.27. The third-order valence-corrected chi connectivity index (χ3v) is 4.09. The highest BCUT2D eigenvalue weighted by Crippen LogP contribution is 2.32. The van der Waals surface area contributed by atoms with E-state index in [0.717, 1.165) is 5.56 Å². The van der Waals surface area contributed by atoms with Crippen LogP contribution >= 0.6 is 31.9 Å². The van der Waals surface area contributed by atoms with Crippen LogP contribution in [0.2, 0.25) is 0 Å². The molecule has 0 aliphatic rings. The molecular weight excluding hydrogens is 340 g/mol. The molecular formula is C11H10Br2O3. The molecule has 0 heterocycles. The number of alkyl halides is 1. The molecule has 0 aliphatic heterocycles. The summed E-state index contributed by atoms with van der Waals surface area (Å²) in [5, 5.41) is 0. The van der Waals surface area contributed by atoms with Crippen LogP contribution in [0.15, 0.2) is 22.7 Å². The van der Waals surface area contributed by atoms with Crippen LogP contribution in [0.25, 0.3) is 0 Å². The zero-order valence-corrected chi connectivity index (χ0v) is 12.0. The van der Waals surface area contributed by atoms with E-state index in [9.17, 15) is 9.59 Å². The molecule has 16 heavy (non-hydrogen) atoms. The van der Waals surface area contributed by atoms with Crippen LogP contribution in [0.3, 0.4) is 0 Å². The van der Waals surface area contributed by atoms with Crippen molar-refractivity contribution >= 4 is 43.6 Å². The number of Topliss-reactive ketones (excluding diaryl/α,β-unsaturated/α-hetero) is 1. The van der Waals surface area contributed by atoms with Crippen molar-refractivity contribution in [1.29, 1.82) is 0 Å². The Morgan fingerprint density at radius 2 is 2.00 bits per heavy atom. The number of halogens is 2. The molecule has 0 aromatic heterocycles. The topological polar surface area (TPSA) is 43.4 Å². The summed E-state index contributed by atoms with van der Waals surface area (Å²) < 4.78 is 5.23. The van der Waals surface area contributed by atoms with Gasteiger partial charge in [-0.3, -0.25) is 4.79 Å². The van der Waals surface area contributed by atoms with Gasteiger partial charge in [0.15, 0.2) is 0 Å². The Balaban J connectivity index is 3.23. The van der Waals surface area contributed by atoms with Crippen molar-refractivity contribution in [2.24, 2.45) is 0 Å². The molecule has 86 valence electrons. The third-order valence-electron chi connectivity index (χ3n) is 2.06. The van der Waals surface area contributed by atoms with Crippen molar-refractivity contribution in [3.05, 3.63) is 33.8 Å². The van der Waals surface area contributed by atoms with E-state index in [1.54, 1.807) is 18.2 Å².